The summed E-state index contributed by atoms with van der Waals surface area (Å²) in [5.41, 5.74) is -4.05. The molecule has 170 valence electrons. The van der Waals surface area contributed by atoms with Crippen LogP contribution in [-0.4, -0.2) is 18.8 Å². The summed E-state index contributed by atoms with van der Waals surface area (Å²) in [6, 6.07) is 9.13. The van der Waals surface area contributed by atoms with Gasteiger partial charge in [0.05, 0.1) is 0 Å². The van der Waals surface area contributed by atoms with E-state index in [2.05, 4.69) is 9.97 Å². The Kier molecular flexibility index (Phi) is 3.45. The molecule has 7 rings (SSSR count). The number of aromatic nitrogens is 4. The van der Waals surface area contributed by atoms with Crippen molar-refractivity contribution in [2.24, 2.45) is 0 Å². The van der Waals surface area contributed by atoms with E-state index >= 15 is 0 Å². The molecule has 0 aliphatic rings. The molecule has 0 amide bonds. The van der Waals surface area contributed by atoms with Crippen molar-refractivity contribution < 1.29 is 17.6 Å². The Labute approximate surface area is 193 Å². The van der Waals surface area contributed by atoms with Crippen molar-refractivity contribution in [1.82, 2.24) is 18.8 Å². The van der Waals surface area contributed by atoms with Gasteiger partial charge in [-0.05, 0) is 24.3 Å². The number of nitriles is 2. The van der Waals surface area contributed by atoms with Crippen LogP contribution in [-0.2, 0) is 0 Å². The lowest BCUT2D eigenvalue weighted by molar-refractivity contribution is 0.416. The van der Waals surface area contributed by atoms with Gasteiger partial charge in [-0.1, -0.05) is 0 Å². The Bertz CT molecular complexity index is 2380. The number of nitrogens with zero attached hydrogens (tertiary/aromatic N) is 6. The Morgan fingerprint density at radius 3 is 1.78 bits per heavy atom. The maximum absolute atomic E-state index is 14.7. The van der Waals surface area contributed by atoms with Crippen LogP contribution in [0.5, 0.6) is 0 Å². The van der Waals surface area contributed by atoms with Gasteiger partial charge < -0.3 is 0 Å². The third kappa shape index (κ3) is 2.00. The fourth-order valence-electron chi connectivity index (χ4n) is 5.00. The van der Waals surface area contributed by atoms with Gasteiger partial charge in [0.15, 0.2) is 34.7 Å². The van der Waals surface area contributed by atoms with Gasteiger partial charge in [-0.15, -0.1) is 0 Å². The number of fused-ring (bicyclic) bond motifs is 6. The minimum absolute atomic E-state index is 0.0112. The lowest BCUT2D eigenvalue weighted by atomic mass is 9.96. The van der Waals surface area contributed by atoms with E-state index in [-0.39, 0.29) is 49.6 Å². The third-order valence-corrected chi connectivity index (χ3v) is 6.47. The highest BCUT2D eigenvalue weighted by molar-refractivity contribution is 6.27. The standard InChI is InChI=1S/C24H4F4N6O2/c25-15-16(26)18(28)20-19(17(15)27)32-22-8-2-3-9-13-7(1-4-10(14(8)13)24(36)34(20)22)21-31-11(5-29)12(6-30)33(21)23(9)35/h1-4H. The molecule has 0 spiro atoms. The van der Waals surface area contributed by atoms with Crippen LogP contribution in [0.4, 0.5) is 17.6 Å². The van der Waals surface area contributed by atoms with Crippen molar-refractivity contribution in [1.29, 1.82) is 10.5 Å². The summed E-state index contributed by atoms with van der Waals surface area (Å²) < 4.78 is 58.8. The second-order valence-electron chi connectivity index (χ2n) is 8.10. The average molecular weight is 484 g/mol. The van der Waals surface area contributed by atoms with Crippen molar-refractivity contribution in [3.05, 3.63) is 79.6 Å². The van der Waals surface area contributed by atoms with Gasteiger partial charge in [0.2, 0.25) is 0 Å². The zero-order chi connectivity index (χ0) is 25.2. The van der Waals surface area contributed by atoms with Crippen molar-refractivity contribution in [3.8, 4) is 12.1 Å². The molecule has 8 nitrogen and oxygen atoms in total. The van der Waals surface area contributed by atoms with E-state index < -0.39 is 45.4 Å². The van der Waals surface area contributed by atoms with Crippen LogP contribution in [0.2, 0.25) is 0 Å². The van der Waals surface area contributed by atoms with Crippen LogP contribution in [0.25, 0.3) is 54.6 Å². The molecule has 0 radical (unpaired) electrons. The van der Waals surface area contributed by atoms with Crippen molar-refractivity contribution in [2.45, 2.75) is 0 Å². The van der Waals surface area contributed by atoms with Gasteiger partial charge in [-0.3, -0.25) is 14.0 Å². The molecule has 0 unspecified atom stereocenters. The number of benzene rings is 3. The average Bonchev–Trinajstić information content (AvgIpc) is 3.47. The molecule has 0 fully saturated rings. The summed E-state index contributed by atoms with van der Waals surface area (Å²) in [6.45, 7) is 0. The van der Waals surface area contributed by atoms with Gasteiger partial charge >= 0.3 is 0 Å². The van der Waals surface area contributed by atoms with Crippen LogP contribution in [0.1, 0.15) is 11.4 Å². The summed E-state index contributed by atoms with van der Waals surface area (Å²) in [6.07, 6.45) is 0. The van der Waals surface area contributed by atoms with Crippen LogP contribution >= 0.6 is 0 Å². The lowest BCUT2D eigenvalue weighted by Gasteiger charge is -2.12. The van der Waals surface area contributed by atoms with E-state index in [9.17, 15) is 37.7 Å². The number of pyridine rings is 2. The normalized spacial score (nSPS) is 12.1. The van der Waals surface area contributed by atoms with Crippen molar-refractivity contribution >= 4 is 54.6 Å². The molecule has 0 aliphatic carbocycles. The molecule has 0 atom stereocenters. The fraction of sp³-hybridized carbons (Fsp3) is 0. The summed E-state index contributed by atoms with van der Waals surface area (Å²) >= 11 is 0. The molecule has 0 aliphatic heterocycles. The van der Waals surface area contributed by atoms with E-state index in [0.717, 1.165) is 4.40 Å². The summed E-state index contributed by atoms with van der Waals surface area (Å²) in [5.74, 6) is -7.65. The zero-order valence-electron chi connectivity index (χ0n) is 17.3. The molecule has 0 bridgehead atoms. The molecule has 4 heterocycles. The minimum Gasteiger partial charge on any atom is -0.268 e. The van der Waals surface area contributed by atoms with Crippen molar-refractivity contribution in [3.63, 3.8) is 0 Å². The summed E-state index contributed by atoms with van der Waals surface area (Å²) in [7, 11) is 0. The molecule has 0 N–H and O–H groups in total. The van der Waals surface area contributed by atoms with E-state index in [1.54, 1.807) is 12.1 Å². The predicted molar refractivity (Wildman–Crippen MR) is 118 cm³/mol. The fourth-order valence-corrected chi connectivity index (χ4v) is 5.00. The predicted octanol–water partition coefficient (Wildman–Crippen LogP) is 3.49. The topological polar surface area (TPSA) is 116 Å². The first-order valence-electron chi connectivity index (χ1n) is 10.2. The maximum Gasteiger partial charge on any atom is 0.265 e. The highest BCUT2D eigenvalue weighted by atomic mass is 19.2. The van der Waals surface area contributed by atoms with Gasteiger partial charge in [0.1, 0.15) is 34.5 Å². The molecule has 12 heteroatoms. The first-order valence-corrected chi connectivity index (χ1v) is 10.2. The second kappa shape index (κ2) is 6.20. The molecular weight excluding hydrogens is 480 g/mol. The smallest absolute Gasteiger partial charge is 0.265 e. The summed E-state index contributed by atoms with van der Waals surface area (Å²) in [5, 5.41) is 19.9. The highest BCUT2D eigenvalue weighted by Crippen LogP contribution is 2.37. The van der Waals surface area contributed by atoms with Gasteiger partial charge in [0, 0.05) is 32.3 Å². The molecule has 36 heavy (non-hydrogen) atoms. The van der Waals surface area contributed by atoms with E-state index in [4.69, 9.17) is 0 Å². The van der Waals surface area contributed by atoms with Gasteiger partial charge in [-0.25, -0.2) is 31.9 Å². The number of imidazole rings is 2. The molecular formula is C24H4F4N6O2. The maximum atomic E-state index is 14.7. The third-order valence-electron chi connectivity index (χ3n) is 6.47. The van der Waals surface area contributed by atoms with E-state index in [1.165, 1.54) is 24.3 Å². The highest BCUT2D eigenvalue weighted by Gasteiger charge is 2.28. The lowest BCUT2D eigenvalue weighted by Crippen LogP contribution is -2.17. The SMILES string of the molecule is N#Cc1nc2c3ccc4c(=O)n5c(nc6c(F)c(F)c(F)c(F)c65)c5ccc(c(=O)n2c1C#N)c3c45. The zero-order valence-corrected chi connectivity index (χ0v) is 17.3. The van der Waals surface area contributed by atoms with Gasteiger partial charge in [-0.2, -0.15) is 10.5 Å². The van der Waals surface area contributed by atoms with Crippen LogP contribution < -0.4 is 11.1 Å². The molecule has 0 saturated carbocycles. The Morgan fingerprint density at radius 2 is 1.19 bits per heavy atom. The quantitative estimate of drug-likeness (QED) is 0.141. The minimum atomic E-state index is -2.08. The molecule has 0 saturated heterocycles. The van der Waals surface area contributed by atoms with E-state index in [0.29, 0.717) is 9.79 Å². The van der Waals surface area contributed by atoms with E-state index in [1.807, 2.05) is 0 Å². The van der Waals surface area contributed by atoms with Crippen molar-refractivity contribution in [2.75, 3.05) is 0 Å². The number of hydrogen-bond donors (Lipinski definition) is 0. The van der Waals surface area contributed by atoms with Crippen LogP contribution in [0, 0.1) is 45.9 Å². The second-order valence-corrected chi connectivity index (χ2v) is 8.10. The molecule has 3 aromatic carbocycles. The van der Waals surface area contributed by atoms with Gasteiger partial charge in [0.25, 0.3) is 11.1 Å². The summed E-state index contributed by atoms with van der Waals surface area (Å²) in [4.78, 5) is 34.9. The first-order chi connectivity index (χ1) is 17.3. The molecule has 7 aromatic rings. The van der Waals surface area contributed by atoms with Crippen LogP contribution in [0.15, 0.2) is 33.9 Å². The van der Waals surface area contributed by atoms with Crippen LogP contribution in [0.3, 0.4) is 0 Å². The Hall–Kier alpha value is -5.36. The molecule has 4 aromatic heterocycles. The Balaban J connectivity index is 1.82. The first kappa shape index (κ1) is 20.1. The Morgan fingerprint density at radius 1 is 0.667 bits per heavy atom. The number of rotatable bonds is 0. The number of halogens is 4. The number of hydrogen-bond acceptors (Lipinski definition) is 6. The largest absolute Gasteiger partial charge is 0.268 e. The monoisotopic (exact) mass is 484 g/mol.